The largest absolute Gasteiger partial charge is 0.445 e. The first-order valence-corrected chi connectivity index (χ1v) is 11.9. The Morgan fingerprint density at radius 2 is 1.94 bits per heavy atom. The highest BCUT2D eigenvalue weighted by Gasteiger charge is 2.35. The van der Waals surface area contributed by atoms with Crippen LogP contribution >= 0.6 is 23.1 Å². The lowest BCUT2D eigenvalue weighted by Crippen LogP contribution is -2.61. The van der Waals surface area contributed by atoms with Crippen molar-refractivity contribution in [1.29, 1.82) is 0 Å². The molecule has 4 rings (SSSR count). The molecule has 2 aromatic rings. The minimum atomic E-state index is -0.614. The molecule has 2 saturated heterocycles. The van der Waals surface area contributed by atoms with E-state index in [0.29, 0.717) is 24.3 Å². The number of likely N-dealkylation sites (tertiary alicyclic amines) is 1. The van der Waals surface area contributed by atoms with Crippen molar-refractivity contribution in [1.82, 2.24) is 15.2 Å². The molecule has 174 valence electrons. The van der Waals surface area contributed by atoms with Gasteiger partial charge in [-0.05, 0) is 17.7 Å². The highest BCUT2D eigenvalue weighted by molar-refractivity contribution is 8.14. The maximum atomic E-state index is 12.6. The Morgan fingerprint density at radius 3 is 2.58 bits per heavy atom. The molecular formula is C20H21N5O6S2. The van der Waals surface area contributed by atoms with Gasteiger partial charge in [-0.3, -0.25) is 19.7 Å². The molecule has 0 aliphatic carbocycles. The summed E-state index contributed by atoms with van der Waals surface area (Å²) in [4.78, 5) is 54.0. The molecule has 2 aliphatic rings. The number of aromatic nitrogens is 1. The molecule has 0 atom stereocenters. The van der Waals surface area contributed by atoms with Gasteiger partial charge >= 0.3 is 6.09 Å². The van der Waals surface area contributed by atoms with Crippen molar-refractivity contribution in [3.8, 4) is 0 Å². The SMILES string of the molecule is CC(=O)SC1CN(c2nc(C(=O)N3CC(NC(=O)OCc4ccc([N+](=O)[O-])cc4)C3)cs2)C1. The smallest absolute Gasteiger partial charge is 0.407 e. The molecule has 3 heterocycles. The summed E-state index contributed by atoms with van der Waals surface area (Å²) in [5, 5.41) is 16.2. The molecule has 0 spiro atoms. The second-order valence-corrected chi connectivity index (χ2v) is 10.0. The second kappa shape index (κ2) is 9.75. The molecule has 1 aromatic carbocycles. The van der Waals surface area contributed by atoms with Crippen molar-refractivity contribution in [2.45, 2.75) is 24.8 Å². The molecule has 0 unspecified atom stereocenters. The van der Waals surface area contributed by atoms with Gasteiger partial charge in [0.05, 0.1) is 11.0 Å². The Morgan fingerprint density at radius 1 is 1.24 bits per heavy atom. The Kier molecular flexibility index (Phi) is 6.79. The summed E-state index contributed by atoms with van der Waals surface area (Å²) in [6, 6.07) is 5.54. The predicted octanol–water partition coefficient (Wildman–Crippen LogP) is 2.27. The van der Waals surface area contributed by atoms with Crippen LogP contribution in [-0.4, -0.2) is 69.4 Å². The number of rotatable bonds is 7. The molecule has 1 aromatic heterocycles. The van der Waals surface area contributed by atoms with E-state index in [0.717, 1.165) is 18.2 Å². The maximum Gasteiger partial charge on any atom is 0.407 e. The summed E-state index contributed by atoms with van der Waals surface area (Å²) in [6.07, 6.45) is -0.614. The van der Waals surface area contributed by atoms with Crippen LogP contribution in [0.5, 0.6) is 0 Å². The van der Waals surface area contributed by atoms with Gasteiger partial charge in [0, 0.05) is 55.9 Å². The van der Waals surface area contributed by atoms with Crippen LogP contribution in [0.2, 0.25) is 0 Å². The lowest BCUT2D eigenvalue weighted by molar-refractivity contribution is -0.384. The molecule has 2 aliphatic heterocycles. The number of nitrogens with one attached hydrogen (secondary N) is 1. The fraction of sp³-hybridized carbons (Fsp3) is 0.400. The van der Waals surface area contributed by atoms with Gasteiger partial charge in [-0.15, -0.1) is 11.3 Å². The van der Waals surface area contributed by atoms with E-state index in [2.05, 4.69) is 10.3 Å². The lowest BCUT2D eigenvalue weighted by atomic mass is 10.1. The van der Waals surface area contributed by atoms with Crippen LogP contribution in [0, 0.1) is 10.1 Å². The minimum absolute atomic E-state index is 0.0108. The molecule has 0 radical (unpaired) electrons. The number of non-ortho nitro benzene ring substituents is 1. The summed E-state index contributed by atoms with van der Waals surface area (Å²) < 4.78 is 5.13. The zero-order valence-electron chi connectivity index (χ0n) is 17.6. The Bertz CT molecular complexity index is 1060. The third-order valence-electron chi connectivity index (χ3n) is 5.17. The van der Waals surface area contributed by atoms with Crippen molar-refractivity contribution >= 4 is 51.0 Å². The Hall–Kier alpha value is -3.19. The third kappa shape index (κ3) is 5.60. The maximum absolute atomic E-state index is 12.6. The quantitative estimate of drug-likeness (QED) is 0.457. The van der Waals surface area contributed by atoms with Crippen molar-refractivity contribution in [2.75, 3.05) is 31.1 Å². The van der Waals surface area contributed by atoms with Crippen LogP contribution in [0.3, 0.4) is 0 Å². The van der Waals surface area contributed by atoms with E-state index in [9.17, 15) is 24.5 Å². The number of carbonyl (C=O) groups is 3. The van der Waals surface area contributed by atoms with Crippen LogP contribution < -0.4 is 10.2 Å². The average Bonchev–Trinajstić information content (AvgIpc) is 3.20. The van der Waals surface area contributed by atoms with E-state index in [-0.39, 0.29) is 34.6 Å². The Balaban J connectivity index is 1.17. The normalized spacial score (nSPS) is 16.0. The van der Waals surface area contributed by atoms with Gasteiger partial charge in [0.15, 0.2) is 10.2 Å². The van der Waals surface area contributed by atoms with E-state index in [1.807, 2.05) is 4.90 Å². The number of nitro benzene ring substituents is 1. The molecule has 13 heteroatoms. The van der Waals surface area contributed by atoms with Gasteiger partial charge < -0.3 is 19.9 Å². The van der Waals surface area contributed by atoms with E-state index in [1.165, 1.54) is 47.4 Å². The number of thioether (sulfide) groups is 1. The molecule has 0 saturated carbocycles. The van der Waals surface area contributed by atoms with E-state index in [4.69, 9.17) is 4.74 Å². The van der Waals surface area contributed by atoms with E-state index >= 15 is 0 Å². The van der Waals surface area contributed by atoms with Gasteiger partial charge in [-0.2, -0.15) is 0 Å². The van der Waals surface area contributed by atoms with E-state index in [1.54, 1.807) is 17.2 Å². The number of benzene rings is 1. The number of hydrogen-bond donors (Lipinski definition) is 1. The summed E-state index contributed by atoms with van der Waals surface area (Å²) in [5.41, 5.74) is 0.974. The van der Waals surface area contributed by atoms with Crippen molar-refractivity contribution in [2.24, 2.45) is 0 Å². The number of carbonyl (C=O) groups excluding carboxylic acids is 3. The number of alkyl carbamates (subject to hydrolysis) is 1. The first-order valence-electron chi connectivity index (χ1n) is 10.1. The standard InChI is InChI=1S/C20H21N5O6S2/c1-12(26)33-16-8-24(9-16)19-22-17(11-32-19)18(27)23-6-14(7-23)21-20(28)31-10-13-2-4-15(5-3-13)25(29)30/h2-5,11,14,16H,6-10H2,1H3,(H,21,28). The van der Waals surface area contributed by atoms with Crippen LogP contribution in [0.25, 0.3) is 0 Å². The fourth-order valence-corrected chi connectivity index (χ4v) is 5.18. The highest BCUT2D eigenvalue weighted by Crippen LogP contribution is 2.31. The van der Waals surface area contributed by atoms with Gasteiger partial charge in [0.2, 0.25) is 0 Å². The molecule has 2 amide bonds. The van der Waals surface area contributed by atoms with Gasteiger partial charge in [-0.1, -0.05) is 11.8 Å². The number of hydrogen-bond acceptors (Lipinski definition) is 10. The van der Waals surface area contributed by atoms with Crippen LogP contribution in [0.4, 0.5) is 15.6 Å². The first kappa shape index (κ1) is 23.0. The Labute approximate surface area is 197 Å². The number of anilines is 1. The van der Waals surface area contributed by atoms with E-state index < -0.39 is 11.0 Å². The fourth-order valence-electron chi connectivity index (χ4n) is 3.38. The monoisotopic (exact) mass is 491 g/mol. The molecule has 1 N–H and O–H groups in total. The molecule has 33 heavy (non-hydrogen) atoms. The van der Waals surface area contributed by atoms with Gasteiger partial charge in [0.25, 0.3) is 11.6 Å². The van der Waals surface area contributed by atoms with Crippen molar-refractivity contribution < 1.29 is 24.0 Å². The zero-order chi connectivity index (χ0) is 23.5. The van der Waals surface area contributed by atoms with Crippen molar-refractivity contribution in [3.63, 3.8) is 0 Å². The minimum Gasteiger partial charge on any atom is -0.445 e. The predicted molar refractivity (Wildman–Crippen MR) is 122 cm³/mol. The molecular weight excluding hydrogens is 470 g/mol. The summed E-state index contributed by atoms with van der Waals surface area (Å²) >= 11 is 2.73. The summed E-state index contributed by atoms with van der Waals surface area (Å²) in [7, 11) is 0. The number of amides is 2. The topological polar surface area (TPSA) is 135 Å². The van der Waals surface area contributed by atoms with Crippen LogP contribution in [0.1, 0.15) is 23.0 Å². The number of thiazole rings is 1. The molecule has 11 nitrogen and oxygen atoms in total. The summed E-state index contributed by atoms with van der Waals surface area (Å²) in [6.45, 7) is 3.75. The molecule has 0 bridgehead atoms. The van der Waals surface area contributed by atoms with Gasteiger partial charge in [0.1, 0.15) is 12.3 Å². The number of nitrogens with zero attached hydrogens (tertiary/aromatic N) is 4. The number of ether oxygens (including phenoxy) is 1. The van der Waals surface area contributed by atoms with Gasteiger partial charge in [-0.25, -0.2) is 9.78 Å². The lowest BCUT2D eigenvalue weighted by Gasteiger charge is -2.39. The van der Waals surface area contributed by atoms with Crippen molar-refractivity contribution in [3.05, 3.63) is 51.0 Å². The third-order valence-corrected chi connectivity index (χ3v) is 7.04. The van der Waals surface area contributed by atoms with Crippen LogP contribution in [-0.2, 0) is 16.1 Å². The zero-order valence-corrected chi connectivity index (χ0v) is 19.3. The van der Waals surface area contributed by atoms with Crippen LogP contribution in [0.15, 0.2) is 29.6 Å². The summed E-state index contributed by atoms with van der Waals surface area (Å²) in [5.74, 6) is -0.190. The average molecular weight is 492 g/mol. The first-order chi connectivity index (χ1) is 15.8. The highest BCUT2D eigenvalue weighted by atomic mass is 32.2. The molecule has 2 fully saturated rings. The second-order valence-electron chi connectivity index (χ2n) is 7.70. The number of nitro groups is 1.